The standard InChI is InChI=1S/C14H18F3NO2S/c1-9(18-8-21(19)14(2,3)4)11-7-10(20-13(16)17)5-6-12(11)15/h5-9,13H,1-4H3/t9-,21?/m0/s1. The van der Waals surface area contributed by atoms with Crippen molar-refractivity contribution in [3.63, 3.8) is 0 Å². The van der Waals surface area contributed by atoms with Gasteiger partial charge in [0.1, 0.15) is 11.6 Å². The zero-order chi connectivity index (χ0) is 16.2. The number of rotatable bonds is 5. The molecule has 7 heteroatoms. The molecule has 2 atom stereocenters. The molecule has 0 N–H and O–H groups in total. The Labute approximate surface area is 124 Å². The highest BCUT2D eigenvalue weighted by atomic mass is 32.2. The second-order valence-corrected chi connectivity index (χ2v) is 7.43. The summed E-state index contributed by atoms with van der Waals surface area (Å²) in [6.07, 6.45) is 0. The number of alkyl halides is 2. The summed E-state index contributed by atoms with van der Waals surface area (Å²) in [5, 5.41) is 0. The smallest absolute Gasteiger partial charge is 0.387 e. The minimum atomic E-state index is -2.98. The number of nitrogens with zero attached hydrogens (tertiary/aromatic N) is 1. The Hall–Kier alpha value is -1.37. The van der Waals surface area contributed by atoms with E-state index < -0.39 is 34.0 Å². The maximum absolute atomic E-state index is 13.7. The van der Waals surface area contributed by atoms with E-state index >= 15 is 0 Å². The van der Waals surface area contributed by atoms with E-state index in [1.165, 1.54) is 11.6 Å². The highest BCUT2D eigenvalue weighted by Crippen LogP contribution is 2.26. The summed E-state index contributed by atoms with van der Waals surface area (Å²) < 4.78 is 53.6. The van der Waals surface area contributed by atoms with E-state index in [1.807, 2.05) is 0 Å². The molecule has 0 saturated heterocycles. The molecule has 0 bridgehead atoms. The van der Waals surface area contributed by atoms with Crippen molar-refractivity contribution in [1.82, 2.24) is 0 Å². The van der Waals surface area contributed by atoms with Gasteiger partial charge in [-0.1, -0.05) is 0 Å². The van der Waals surface area contributed by atoms with Gasteiger partial charge in [0, 0.05) is 10.3 Å². The number of ether oxygens (including phenoxy) is 1. The van der Waals surface area contributed by atoms with Crippen LogP contribution in [0.3, 0.4) is 0 Å². The highest BCUT2D eigenvalue weighted by Gasteiger charge is 2.18. The van der Waals surface area contributed by atoms with Gasteiger partial charge in [0.15, 0.2) is 0 Å². The zero-order valence-corrected chi connectivity index (χ0v) is 13.1. The third-order valence-corrected chi connectivity index (χ3v) is 4.15. The molecular weight excluding hydrogens is 303 g/mol. The first-order valence-electron chi connectivity index (χ1n) is 6.29. The lowest BCUT2D eigenvalue weighted by Gasteiger charge is -2.15. The third-order valence-electron chi connectivity index (χ3n) is 2.63. The molecule has 0 amide bonds. The van der Waals surface area contributed by atoms with Crippen LogP contribution in [-0.4, -0.2) is 21.1 Å². The van der Waals surface area contributed by atoms with Gasteiger partial charge in [-0.25, -0.2) is 4.39 Å². The normalized spacial score (nSPS) is 15.4. The molecule has 21 heavy (non-hydrogen) atoms. The molecule has 118 valence electrons. The molecule has 1 unspecified atom stereocenters. The van der Waals surface area contributed by atoms with Gasteiger partial charge in [-0.15, -0.1) is 0 Å². The van der Waals surface area contributed by atoms with Gasteiger partial charge >= 0.3 is 6.61 Å². The van der Waals surface area contributed by atoms with Crippen LogP contribution in [0.1, 0.15) is 39.3 Å². The Morgan fingerprint density at radius 2 is 1.95 bits per heavy atom. The molecule has 0 aliphatic rings. The average molecular weight is 321 g/mol. The summed E-state index contributed by atoms with van der Waals surface area (Å²) in [6.45, 7) is 3.98. The summed E-state index contributed by atoms with van der Waals surface area (Å²) >= 11 is 0. The van der Waals surface area contributed by atoms with E-state index in [2.05, 4.69) is 9.73 Å². The fraction of sp³-hybridized carbons (Fsp3) is 0.500. The fourth-order valence-electron chi connectivity index (χ4n) is 1.40. The van der Waals surface area contributed by atoms with E-state index in [4.69, 9.17) is 0 Å². The Kier molecular flexibility index (Phi) is 5.95. The molecule has 3 nitrogen and oxygen atoms in total. The van der Waals surface area contributed by atoms with Crippen LogP contribution in [0.5, 0.6) is 5.75 Å². The summed E-state index contributed by atoms with van der Waals surface area (Å²) in [4.78, 5) is 4.03. The van der Waals surface area contributed by atoms with Crippen LogP contribution in [0.4, 0.5) is 13.2 Å². The third kappa shape index (κ3) is 5.49. The van der Waals surface area contributed by atoms with Gasteiger partial charge in [0.25, 0.3) is 0 Å². The quantitative estimate of drug-likeness (QED) is 0.606. The van der Waals surface area contributed by atoms with Gasteiger partial charge in [-0.2, -0.15) is 8.78 Å². The van der Waals surface area contributed by atoms with Crippen LogP contribution < -0.4 is 4.74 Å². The zero-order valence-electron chi connectivity index (χ0n) is 12.3. The van der Waals surface area contributed by atoms with Crippen molar-refractivity contribution in [1.29, 1.82) is 0 Å². The van der Waals surface area contributed by atoms with Crippen LogP contribution in [0.25, 0.3) is 0 Å². The maximum atomic E-state index is 13.7. The van der Waals surface area contributed by atoms with E-state index in [-0.39, 0.29) is 11.3 Å². The SMILES string of the molecule is C[C@H](N=CS(=O)C(C)(C)C)c1cc(OC(F)F)ccc1F. The minimum absolute atomic E-state index is 0.107. The van der Waals surface area contributed by atoms with Crippen molar-refractivity contribution in [3.05, 3.63) is 29.6 Å². The number of hydrogen-bond donors (Lipinski definition) is 0. The second-order valence-electron chi connectivity index (χ2n) is 5.40. The maximum Gasteiger partial charge on any atom is 0.387 e. The molecule has 1 aromatic carbocycles. The Balaban J connectivity index is 2.94. The summed E-state index contributed by atoms with van der Waals surface area (Å²) in [5.41, 5.74) is 1.36. The molecular formula is C14H18F3NO2S. The van der Waals surface area contributed by atoms with Crippen LogP contribution >= 0.6 is 0 Å². The number of halogens is 3. The molecule has 0 heterocycles. The summed E-state index contributed by atoms with van der Waals surface area (Å²) in [6, 6.07) is 2.68. The van der Waals surface area contributed by atoms with Crippen LogP contribution in [-0.2, 0) is 10.8 Å². The molecule has 0 saturated carbocycles. The second kappa shape index (κ2) is 7.06. The Morgan fingerprint density at radius 3 is 2.48 bits per heavy atom. The predicted octanol–water partition coefficient (Wildman–Crippen LogP) is 4.06. The number of aliphatic imine (C=N–C) groups is 1. The van der Waals surface area contributed by atoms with Gasteiger partial charge in [-0.05, 0) is 45.9 Å². The highest BCUT2D eigenvalue weighted by molar-refractivity contribution is 7.99. The predicted molar refractivity (Wildman–Crippen MR) is 77.8 cm³/mol. The molecule has 0 aliphatic carbocycles. The van der Waals surface area contributed by atoms with Gasteiger partial charge in [0.2, 0.25) is 0 Å². The monoisotopic (exact) mass is 321 g/mol. The molecule has 0 fully saturated rings. The van der Waals surface area contributed by atoms with Crippen molar-refractivity contribution in [2.45, 2.75) is 45.1 Å². The summed E-state index contributed by atoms with van der Waals surface area (Å²) in [5.74, 6) is -0.719. The van der Waals surface area contributed by atoms with E-state index in [0.717, 1.165) is 12.1 Å². The lowest BCUT2D eigenvalue weighted by Crippen LogP contribution is -2.22. The molecule has 0 radical (unpaired) electrons. The van der Waals surface area contributed by atoms with E-state index in [9.17, 15) is 17.4 Å². The largest absolute Gasteiger partial charge is 0.435 e. The van der Waals surface area contributed by atoms with Crippen molar-refractivity contribution >= 4 is 16.3 Å². The minimum Gasteiger partial charge on any atom is -0.435 e. The van der Waals surface area contributed by atoms with Gasteiger partial charge in [-0.3, -0.25) is 9.20 Å². The van der Waals surface area contributed by atoms with Crippen molar-refractivity contribution in [2.24, 2.45) is 4.99 Å². The topological polar surface area (TPSA) is 38.7 Å². The summed E-state index contributed by atoms with van der Waals surface area (Å²) in [7, 11) is -1.32. The van der Waals surface area contributed by atoms with Gasteiger partial charge in [0.05, 0.1) is 22.4 Å². The number of benzene rings is 1. The van der Waals surface area contributed by atoms with Crippen LogP contribution in [0, 0.1) is 5.82 Å². The van der Waals surface area contributed by atoms with Crippen molar-refractivity contribution in [3.8, 4) is 5.75 Å². The Morgan fingerprint density at radius 1 is 1.33 bits per heavy atom. The molecule has 1 aromatic rings. The van der Waals surface area contributed by atoms with Crippen LogP contribution in [0.15, 0.2) is 23.2 Å². The first-order valence-corrected chi connectivity index (χ1v) is 7.51. The lowest BCUT2D eigenvalue weighted by atomic mass is 10.1. The lowest BCUT2D eigenvalue weighted by molar-refractivity contribution is -0.0499. The number of hydrogen-bond acceptors (Lipinski definition) is 3. The van der Waals surface area contributed by atoms with Gasteiger partial charge < -0.3 is 4.74 Å². The Bertz CT molecular complexity index is 542. The van der Waals surface area contributed by atoms with Crippen molar-refractivity contribution < 1.29 is 22.1 Å². The molecule has 1 rings (SSSR count). The molecule has 0 aromatic heterocycles. The first-order chi connectivity index (χ1) is 9.61. The first kappa shape index (κ1) is 17.7. The van der Waals surface area contributed by atoms with E-state index in [0.29, 0.717) is 0 Å². The van der Waals surface area contributed by atoms with Crippen molar-refractivity contribution in [2.75, 3.05) is 0 Å². The fourth-order valence-corrected chi connectivity index (χ4v) is 2.01. The van der Waals surface area contributed by atoms with Crippen LogP contribution in [0.2, 0.25) is 0 Å². The average Bonchev–Trinajstić information content (AvgIpc) is 2.36. The molecule has 0 aliphatic heterocycles. The van der Waals surface area contributed by atoms with E-state index in [1.54, 1.807) is 27.7 Å². The molecule has 0 spiro atoms.